The van der Waals surface area contributed by atoms with E-state index in [0.29, 0.717) is 30.8 Å². The Morgan fingerprint density at radius 3 is 2.38 bits per heavy atom. The molecule has 0 aliphatic carbocycles. The summed E-state index contributed by atoms with van der Waals surface area (Å²) < 4.78 is 41.6. The predicted molar refractivity (Wildman–Crippen MR) is 125 cm³/mol. The van der Waals surface area contributed by atoms with E-state index in [4.69, 9.17) is 0 Å². The standard InChI is InChI=1S/C23H31FN4O3S/c1-2-6-23(29)26-19-9-11-20(12-10-19)32(30,31)25-13-5-14-27-15-17-28(18-16-27)22-8-4-3-7-21(22)24/h3-4,7-12,25H,2,5-6,13-18H2,1H3,(H,26,29). The van der Waals surface area contributed by atoms with E-state index in [-0.39, 0.29) is 16.6 Å². The van der Waals surface area contributed by atoms with Gasteiger partial charge in [-0.2, -0.15) is 0 Å². The van der Waals surface area contributed by atoms with Crippen LogP contribution in [-0.2, 0) is 14.8 Å². The number of nitrogens with zero attached hydrogens (tertiary/aromatic N) is 2. The molecule has 1 aliphatic rings. The first kappa shape index (κ1) is 24.2. The van der Waals surface area contributed by atoms with Crippen LogP contribution in [0.5, 0.6) is 0 Å². The summed E-state index contributed by atoms with van der Waals surface area (Å²) in [5, 5.41) is 2.74. The fraction of sp³-hybridized carbons (Fsp3) is 0.435. The highest BCUT2D eigenvalue weighted by Crippen LogP contribution is 2.20. The van der Waals surface area contributed by atoms with Gasteiger partial charge in [-0.05, 0) is 55.8 Å². The molecule has 0 radical (unpaired) electrons. The van der Waals surface area contributed by atoms with Crippen LogP contribution in [-0.4, -0.2) is 58.5 Å². The maximum atomic E-state index is 13.9. The quantitative estimate of drug-likeness (QED) is 0.531. The Kier molecular flexibility index (Phi) is 8.60. The van der Waals surface area contributed by atoms with E-state index in [2.05, 4.69) is 14.9 Å². The second-order valence-electron chi connectivity index (χ2n) is 7.85. The topological polar surface area (TPSA) is 81.7 Å². The van der Waals surface area contributed by atoms with Gasteiger partial charge in [0.15, 0.2) is 0 Å². The van der Waals surface area contributed by atoms with Gasteiger partial charge in [0.05, 0.1) is 10.6 Å². The van der Waals surface area contributed by atoms with Crippen molar-refractivity contribution in [2.24, 2.45) is 0 Å². The molecule has 1 amide bonds. The summed E-state index contributed by atoms with van der Waals surface area (Å²) in [5.41, 5.74) is 1.22. The zero-order valence-electron chi connectivity index (χ0n) is 18.4. The Morgan fingerprint density at radius 1 is 1.03 bits per heavy atom. The molecule has 0 unspecified atom stereocenters. The number of hydrogen-bond donors (Lipinski definition) is 2. The van der Waals surface area contributed by atoms with Crippen LogP contribution in [0.3, 0.4) is 0 Å². The Balaban J connectivity index is 1.40. The number of hydrogen-bond acceptors (Lipinski definition) is 5. The first-order valence-corrected chi connectivity index (χ1v) is 12.5. The van der Waals surface area contributed by atoms with Gasteiger partial charge in [0.1, 0.15) is 5.82 Å². The molecular weight excluding hydrogens is 431 g/mol. The van der Waals surface area contributed by atoms with Crippen molar-refractivity contribution in [1.82, 2.24) is 9.62 Å². The molecule has 0 spiro atoms. The first-order valence-electron chi connectivity index (χ1n) is 11.0. The van der Waals surface area contributed by atoms with E-state index in [0.717, 1.165) is 39.1 Å². The fourth-order valence-corrected chi connectivity index (χ4v) is 4.76. The predicted octanol–water partition coefficient (Wildman–Crippen LogP) is 3.05. The van der Waals surface area contributed by atoms with Crippen molar-refractivity contribution in [3.05, 3.63) is 54.3 Å². The Hall–Kier alpha value is -2.49. The van der Waals surface area contributed by atoms with Gasteiger partial charge in [-0.3, -0.25) is 9.69 Å². The molecule has 32 heavy (non-hydrogen) atoms. The molecule has 0 bridgehead atoms. The minimum Gasteiger partial charge on any atom is -0.367 e. The van der Waals surface area contributed by atoms with Crippen LogP contribution in [0, 0.1) is 5.82 Å². The molecular formula is C23H31FN4O3S. The maximum absolute atomic E-state index is 13.9. The highest BCUT2D eigenvalue weighted by Gasteiger charge is 2.19. The van der Waals surface area contributed by atoms with Crippen LogP contribution in [0.1, 0.15) is 26.2 Å². The minimum absolute atomic E-state index is 0.0871. The summed E-state index contributed by atoms with van der Waals surface area (Å²) in [4.78, 5) is 16.1. The molecule has 7 nitrogen and oxygen atoms in total. The first-order chi connectivity index (χ1) is 15.4. The largest absolute Gasteiger partial charge is 0.367 e. The molecule has 9 heteroatoms. The molecule has 3 rings (SSSR count). The number of benzene rings is 2. The maximum Gasteiger partial charge on any atom is 0.240 e. The van der Waals surface area contributed by atoms with E-state index in [1.54, 1.807) is 24.3 Å². The van der Waals surface area contributed by atoms with Crippen LogP contribution in [0.25, 0.3) is 0 Å². The number of amides is 1. The SMILES string of the molecule is CCCC(=O)Nc1ccc(S(=O)(=O)NCCCN2CCN(c3ccccc3F)CC2)cc1. The number of sulfonamides is 1. The molecule has 0 saturated carbocycles. The lowest BCUT2D eigenvalue weighted by Gasteiger charge is -2.36. The lowest BCUT2D eigenvalue weighted by Crippen LogP contribution is -2.47. The second kappa shape index (κ2) is 11.4. The van der Waals surface area contributed by atoms with Crippen LogP contribution in [0.4, 0.5) is 15.8 Å². The van der Waals surface area contributed by atoms with E-state index >= 15 is 0 Å². The van der Waals surface area contributed by atoms with Crippen molar-refractivity contribution in [1.29, 1.82) is 0 Å². The number of nitrogens with one attached hydrogen (secondary N) is 2. The second-order valence-corrected chi connectivity index (χ2v) is 9.62. The molecule has 174 valence electrons. The molecule has 0 aromatic heterocycles. The summed E-state index contributed by atoms with van der Waals surface area (Å²) in [6, 6.07) is 13.0. The van der Waals surface area contributed by atoms with Crippen molar-refractivity contribution < 1.29 is 17.6 Å². The third-order valence-electron chi connectivity index (χ3n) is 5.43. The van der Waals surface area contributed by atoms with Crippen molar-refractivity contribution in [2.45, 2.75) is 31.1 Å². The van der Waals surface area contributed by atoms with Gasteiger partial charge >= 0.3 is 0 Å². The van der Waals surface area contributed by atoms with Crippen LogP contribution in [0.2, 0.25) is 0 Å². The smallest absolute Gasteiger partial charge is 0.240 e. The summed E-state index contributed by atoms with van der Waals surface area (Å²) in [6.07, 6.45) is 1.87. The van der Waals surface area contributed by atoms with Gasteiger partial charge in [0.25, 0.3) is 0 Å². The van der Waals surface area contributed by atoms with Crippen molar-refractivity contribution in [3.63, 3.8) is 0 Å². The van der Waals surface area contributed by atoms with Crippen LogP contribution in [0.15, 0.2) is 53.4 Å². The lowest BCUT2D eigenvalue weighted by atomic mass is 10.2. The van der Waals surface area contributed by atoms with E-state index in [1.807, 2.05) is 17.9 Å². The molecule has 2 aromatic carbocycles. The van der Waals surface area contributed by atoms with E-state index in [1.165, 1.54) is 18.2 Å². The summed E-state index contributed by atoms with van der Waals surface area (Å²) in [5.74, 6) is -0.289. The molecule has 1 saturated heterocycles. The number of piperazine rings is 1. The molecule has 1 heterocycles. The van der Waals surface area contributed by atoms with E-state index in [9.17, 15) is 17.6 Å². The summed E-state index contributed by atoms with van der Waals surface area (Å²) in [6.45, 7) is 6.15. The number of anilines is 2. The molecule has 1 fully saturated rings. The number of carbonyl (C=O) groups is 1. The number of halogens is 1. The third kappa shape index (κ3) is 6.75. The number of para-hydroxylation sites is 1. The van der Waals surface area contributed by atoms with E-state index < -0.39 is 10.0 Å². The van der Waals surface area contributed by atoms with Crippen molar-refractivity contribution in [2.75, 3.05) is 49.5 Å². The zero-order chi connectivity index (χ0) is 23.0. The normalized spacial score (nSPS) is 15.0. The molecule has 1 aliphatic heterocycles. The van der Waals surface area contributed by atoms with Crippen LogP contribution >= 0.6 is 0 Å². The lowest BCUT2D eigenvalue weighted by molar-refractivity contribution is -0.116. The highest BCUT2D eigenvalue weighted by molar-refractivity contribution is 7.89. The Bertz CT molecular complexity index is 991. The van der Waals surface area contributed by atoms with Gasteiger partial charge in [-0.1, -0.05) is 19.1 Å². The average Bonchev–Trinajstić information content (AvgIpc) is 2.78. The number of carbonyl (C=O) groups excluding carboxylic acids is 1. The van der Waals surface area contributed by atoms with Gasteiger partial charge in [0, 0.05) is 44.8 Å². The fourth-order valence-electron chi connectivity index (χ4n) is 3.68. The molecule has 2 aromatic rings. The number of rotatable bonds is 10. The monoisotopic (exact) mass is 462 g/mol. The Labute approximate surface area is 189 Å². The molecule has 2 N–H and O–H groups in total. The Morgan fingerprint density at radius 2 is 1.72 bits per heavy atom. The minimum atomic E-state index is -3.60. The zero-order valence-corrected chi connectivity index (χ0v) is 19.2. The van der Waals surface area contributed by atoms with Gasteiger partial charge in [0.2, 0.25) is 15.9 Å². The van der Waals surface area contributed by atoms with Crippen molar-refractivity contribution >= 4 is 27.3 Å². The molecule has 0 atom stereocenters. The average molecular weight is 463 g/mol. The summed E-state index contributed by atoms with van der Waals surface area (Å²) in [7, 11) is -3.60. The van der Waals surface area contributed by atoms with Gasteiger partial charge in [-0.15, -0.1) is 0 Å². The summed E-state index contributed by atoms with van der Waals surface area (Å²) >= 11 is 0. The van der Waals surface area contributed by atoms with Gasteiger partial charge < -0.3 is 10.2 Å². The highest BCUT2D eigenvalue weighted by atomic mass is 32.2. The third-order valence-corrected chi connectivity index (χ3v) is 6.91. The van der Waals surface area contributed by atoms with Crippen molar-refractivity contribution in [3.8, 4) is 0 Å². The van der Waals surface area contributed by atoms with Crippen LogP contribution < -0.4 is 14.9 Å². The van der Waals surface area contributed by atoms with Gasteiger partial charge in [-0.25, -0.2) is 17.5 Å².